The summed E-state index contributed by atoms with van der Waals surface area (Å²) in [7, 11) is 1.69. The normalized spacial score (nSPS) is 16.2. The van der Waals surface area contributed by atoms with Crippen LogP contribution in [0, 0.1) is 0 Å². The number of pyridine rings is 1. The second-order valence-electron chi connectivity index (χ2n) is 8.25. The Morgan fingerprint density at radius 2 is 1.84 bits per heavy atom. The van der Waals surface area contributed by atoms with Crippen molar-refractivity contribution in [1.82, 2.24) is 9.88 Å². The third-order valence-electron chi connectivity index (χ3n) is 6.01. The maximum absolute atomic E-state index is 12.8. The molecular weight excluding hydrogens is 384 g/mol. The average molecular weight is 415 g/mol. The Hall–Kier alpha value is -3.14. The van der Waals surface area contributed by atoms with Crippen LogP contribution in [0.3, 0.4) is 0 Å². The molecule has 160 valence electrons. The molecule has 2 heterocycles. The molecule has 0 radical (unpaired) electrons. The second kappa shape index (κ2) is 10.3. The lowest BCUT2D eigenvalue weighted by atomic mass is 9.93. The highest BCUT2D eigenvalue weighted by atomic mass is 16.5. The highest BCUT2D eigenvalue weighted by Gasteiger charge is 2.25. The van der Waals surface area contributed by atoms with Gasteiger partial charge in [-0.3, -0.25) is 9.78 Å². The minimum atomic E-state index is 0.251. The molecule has 0 aliphatic carbocycles. The molecule has 4 nitrogen and oxygen atoms in total. The molecule has 0 N–H and O–H groups in total. The number of methoxy groups -OCH3 is 1. The van der Waals surface area contributed by atoms with Crippen molar-refractivity contribution >= 4 is 5.91 Å². The van der Waals surface area contributed by atoms with Crippen LogP contribution in [0.15, 0.2) is 72.8 Å². The number of rotatable bonds is 7. The molecule has 31 heavy (non-hydrogen) atoms. The highest BCUT2D eigenvalue weighted by Crippen LogP contribution is 2.27. The van der Waals surface area contributed by atoms with Crippen LogP contribution in [0.25, 0.3) is 0 Å². The van der Waals surface area contributed by atoms with E-state index in [1.807, 2.05) is 35.2 Å². The quantitative estimate of drug-likeness (QED) is 0.545. The lowest BCUT2D eigenvalue weighted by Crippen LogP contribution is -2.39. The zero-order valence-electron chi connectivity index (χ0n) is 18.2. The Morgan fingerprint density at radius 1 is 1.03 bits per heavy atom. The molecule has 0 bridgehead atoms. The highest BCUT2D eigenvalue weighted by molar-refractivity contribution is 5.76. The minimum absolute atomic E-state index is 0.251. The van der Waals surface area contributed by atoms with Gasteiger partial charge in [-0.1, -0.05) is 48.5 Å². The molecule has 3 aromatic rings. The van der Waals surface area contributed by atoms with Gasteiger partial charge in [0.2, 0.25) is 5.91 Å². The predicted molar refractivity (Wildman–Crippen MR) is 123 cm³/mol. The van der Waals surface area contributed by atoms with Gasteiger partial charge >= 0.3 is 0 Å². The average Bonchev–Trinajstić information content (AvgIpc) is 2.83. The van der Waals surface area contributed by atoms with Crippen LogP contribution in [0.1, 0.15) is 47.7 Å². The fourth-order valence-corrected chi connectivity index (χ4v) is 4.31. The third kappa shape index (κ3) is 5.72. The molecule has 1 unspecified atom stereocenters. The molecule has 4 heteroatoms. The van der Waals surface area contributed by atoms with Crippen LogP contribution in [0.2, 0.25) is 0 Å². The van der Waals surface area contributed by atoms with Crippen LogP contribution < -0.4 is 4.74 Å². The maximum Gasteiger partial charge on any atom is 0.222 e. The number of hydrogen-bond donors (Lipinski definition) is 0. The molecular formula is C27H30N2O2. The van der Waals surface area contributed by atoms with Crippen molar-refractivity contribution in [1.29, 1.82) is 0 Å². The first-order valence-corrected chi connectivity index (χ1v) is 11.1. The number of nitrogens with zero attached hydrogens (tertiary/aromatic N) is 2. The number of amides is 1. The van der Waals surface area contributed by atoms with Crippen molar-refractivity contribution in [2.75, 3.05) is 20.2 Å². The van der Waals surface area contributed by atoms with E-state index in [2.05, 4.69) is 42.5 Å². The maximum atomic E-state index is 12.8. The number of carbonyl (C=O) groups excluding carboxylic acids is 1. The number of likely N-dealkylation sites (tertiary alicyclic amines) is 1. The van der Waals surface area contributed by atoms with Crippen molar-refractivity contribution in [2.45, 2.75) is 38.0 Å². The number of aromatic nitrogens is 1. The Bertz CT molecular complexity index is 1000. The molecule has 2 aromatic carbocycles. The number of hydrogen-bond acceptors (Lipinski definition) is 3. The summed E-state index contributed by atoms with van der Waals surface area (Å²) in [4.78, 5) is 19.8. The molecule has 1 amide bonds. The van der Waals surface area contributed by atoms with E-state index in [1.165, 1.54) is 11.1 Å². The summed E-state index contributed by atoms with van der Waals surface area (Å²) in [6, 6.07) is 24.6. The van der Waals surface area contributed by atoms with Gasteiger partial charge in [-0.2, -0.15) is 0 Å². The zero-order valence-corrected chi connectivity index (χ0v) is 18.2. The first kappa shape index (κ1) is 21.1. The van der Waals surface area contributed by atoms with Gasteiger partial charge in [0.05, 0.1) is 7.11 Å². The number of piperidine rings is 1. The van der Waals surface area contributed by atoms with Gasteiger partial charge in [0.1, 0.15) is 5.75 Å². The van der Waals surface area contributed by atoms with Crippen LogP contribution in [0.5, 0.6) is 5.75 Å². The summed E-state index contributed by atoms with van der Waals surface area (Å²) < 4.78 is 5.34. The lowest BCUT2D eigenvalue weighted by molar-refractivity contribution is -0.132. The zero-order chi connectivity index (χ0) is 21.5. The number of benzene rings is 2. The lowest BCUT2D eigenvalue weighted by Gasteiger charge is -2.32. The first-order valence-electron chi connectivity index (χ1n) is 11.1. The summed E-state index contributed by atoms with van der Waals surface area (Å²) >= 11 is 0. The van der Waals surface area contributed by atoms with Crippen LogP contribution in [-0.2, 0) is 17.6 Å². The minimum Gasteiger partial charge on any atom is -0.497 e. The van der Waals surface area contributed by atoms with E-state index in [0.29, 0.717) is 12.3 Å². The third-order valence-corrected chi connectivity index (χ3v) is 6.01. The van der Waals surface area contributed by atoms with Gasteiger partial charge in [-0.25, -0.2) is 0 Å². The first-order chi connectivity index (χ1) is 15.2. The molecule has 1 fully saturated rings. The van der Waals surface area contributed by atoms with Crippen LogP contribution in [-0.4, -0.2) is 36.0 Å². The molecule has 4 rings (SSSR count). The fourth-order valence-electron chi connectivity index (χ4n) is 4.31. The largest absolute Gasteiger partial charge is 0.497 e. The van der Waals surface area contributed by atoms with Gasteiger partial charge in [-0.05, 0) is 54.7 Å². The summed E-state index contributed by atoms with van der Waals surface area (Å²) in [5.41, 5.74) is 4.56. The van der Waals surface area contributed by atoms with Crippen molar-refractivity contribution in [2.24, 2.45) is 0 Å². The summed E-state index contributed by atoms with van der Waals surface area (Å²) in [6.07, 6.45) is 4.26. The predicted octanol–water partition coefficient (Wildman–Crippen LogP) is 5.02. The van der Waals surface area contributed by atoms with E-state index in [4.69, 9.17) is 9.72 Å². The number of ether oxygens (including phenoxy) is 1. The van der Waals surface area contributed by atoms with E-state index >= 15 is 0 Å². The standard InChI is InChI=1S/C27H30N2O2/c1-31-25-13-5-10-22(19-25)18-24-12-6-14-26(28-24)23-11-7-17-29(20-23)27(30)16-15-21-8-3-2-4-9-21/h2-6,8-10,12-14,19,23H,7,11,15-18,20H2,1H3. The van der Waals surface area contributed by atoms with E-state index in [0.717, 1.165) is 55.9 Å². The van der Waals surface area contributed by atoms with Gasteiger partial charge in [-0.15, -0.1) is 0 Å². The molecule has 1 aliphatic heterocycles. The van der Waals surface area contributed by atoms with E-state index < -0.39 is 0 Å². The molecule has 0 spiro atoms. The van der Waals surface area contributed by atoms with Crippen molar-refractivity contribution in [3.05, 3.63) is 95.3 Å². The molecule has 1 atom stereocenters. The van der Waals surface area contributed by atoms with Crippen molar-refractivity contribution < 1.29 is 9.53 Å². The van der Waals surface area contributed by atoms with Crippen molar-refractivity contribution in [3.63, 3.8) is 0 Å². The SMILES string of the molecule is COc1cccc(Cc2cccc(C3CCCN(C(=O)CCc4ccccc4)C3)n2)c1. The van der Waals surface area contributed by atoms with Crippen molar-refractivity contribution in [3.8, 4) is 5.75 Å². The van der Waals surface area contributed by atoms with Crippen LogP contribution >= 0.6 is 0 Å². The van der Waals surface area contributed by atoms with Gasteiger partial charge in [0.25, 0.3) is 0 Å². The Morgan fingerprint density at radius 3 is 2.68 bits per heavy atom. The van der Waals surface area contributed by atoms with E-state index in [9.17, 15) is 4.79 Å². The Labute approximate surface area is 184 Å². The van der Waals surface area contributed by atoms with Gasteiger partial charge < -0.3 is 9.64 Å². The summed E-state index contributed by atoms with van der Waals surface area (Å²) in [5.74, 6) is 1.42. The van der Waals surface area contributed by atoms with Gasteiger partial charge in [0.15, 0.2) is 0 Å². The topological polar surface area (TPSA) is 42.4 Å². The number of aryl methyl sites for hydroxylation is 1. The second-order valence-corrected chi connectivity index (χ2v) is 8.25. The monoisotopic (exact) mass is 414 g/mol. The Balaban J connectivity index is 1.38. The van der Waals surface area contributed by atoms with E-state index in [-0.39, 0.29) is 5.91 Å². The molecule has 0 saturated carbocycles. The van der Waals surface area contributed by atoms with E-state index in [1.54, 1.807) is 7.11 Å². The Kier molecular flexibility index (Phi) is 6.98. The summed E-state index contributed by atoms with van der Waals surface area (Å²) in [5, 5.41) is 0. The fraction of sp³-hybridized carbons (Fsp3) is 0.333. The molecule has 1 aromatic heterocycles. The molecule has 1 aliphatic rings. The van der Waals surface area contributed by atoms with Crippen LogP contribution in [0.4, 0.5) is 0 Å². The van der Waals surface area contributed by atoms with Gasteiger partial charge in [0, 0.05) is 43.2 Å². The molecule has 1 saturated heterocycles. The summed E-state index contributed by atoms with van der Waals surface area (Å²) in [6.45, 7) is 1.62. The smallest absolute Gasteiger partial charge is 0.222 e. The number of carbonyl (C=O) groups is 1.